The standard InChI is InChI=1S/C8H14.3C2H6/c1-5-6-8(4)7(2)3;3*1-2/h5-7H,1H2,2-4H3;3*1-2H3/b8-6-;;;. The van der Waals surface area contributed by atoms with Crippen LogP contribution in [-0.2, 0) is 0 Å². The summed E-state index contributed by atoms with van der Waals surface area (Å²) in [5.41, 5.74) is 1.39. The van der Waals surface area contributed by atoms with E-state index < -0.39 is 0 Å². The van der Waals surface area contributed by atoms with Crippen LogP contribution in [0.25, 0.3) is 0 Å². The summed E-state index contributed by atoms with van der Waals surface area (Å²) in [4.78, 5) is 0. The summed E-state index contributed by atoms with van der Waals surface area (Å²) < 4.78 is 0. The Balaban J connectivity index is -0.0000000708. The highest BCUT2D eigenvalue weighted by molar-refractivity contribution is 5.09. The first kappa shape index (κ1) is 23.4. The van der Waals surface area contributed by atoms with E-state index in [1.807, 2.05) is 53.7 Å². The minimum Gasteiger partial charge on any atom is -0.0991 e. The normalized spacial score (nSPS) is 8.29. The molecule has 14 heavy (non-hydrogen) atoms. The Labute approximate surface area is 93.1 Å². The highest BCUT2D eigenvalue weighted by Gasteiger charge is 1.91. The van der Waals surface area contributed by atoms with Crippen molar-refractivity contribution in [2.24, 2.45) is 5.92 Å². The molecule has 0 heterocycles. The molecule has 0 nitrogen and oxygen atoms in total. The summed E-state index contributed by atoms with van der Waals surface area (Å²) in [6, 6.07) is 0. The van der Waals surface area contributed by atoms with Crippen LogP contribution in [0, 0.1) is 5.92 Å². The second-order valence-electron chi connectivity index (χ2n) is 2.30. The number of allylic oxidation sites excluding steroid dienone is 3. The van der Waals surface area contributed by atoms with E-state index >= 15 is 0 Å². The quantitative estimate of drug-likeness (QED) is 0.490. The molecular weight excluding hydrogens is 168 g/mol. The number of hydrogen-bond acceptors (Lipinski definition) is 0. The van der Waals surface area contributed by atoms with Crippen molar-refractivity contribution in [2.45, 2.75) is 62.3 Å². The molecule has 0 heteroatoms. The maximum Gasteiger partial charge on any atom is -0.0260 e. The molecule has 0 bridgehead atoms. The highest BCUT2D eigenvalue weighted by Crippen LogP contribution is 2.06. The molecular formula is C14H32. The fourth-order valence-electron chi connectivity index (χ4n) is 0.378. The Bertz CT molecular complexity index is 96.6. The second-order valence-corrected chi connectivity index (χ2v) is 2.30. The third kappa shape index (κ3) is 30.0. The predicted octanol–water partition coefficient (Wildman–Crippen LogP) is 5.85. The van der Waals surface area contributed by atoms with Crippen LogP contribution in [0.2, 0.25) is 0 Å². The lowest BCUT2D eigenvalue weighted by molar-refractivity contribution is 0.769. The molecule has 88 valence electrons. The molecule has 0 aliphatic carbocycles. The summed E-state index contributed by atoms with van der Waals surface area (Å²) in [5, 5.41) is 0. The zero-order valence-corrected chi connectivity index (χ0v) is 11.9. The van der Waals surface area contributed by atoms with Crippen molar-refractivity contribution >= 4 is 0 Å². The average Bonchev–Trinajstić information content (AvgIpc) is 2.27. The molecule has 0 saturated heterocycles. The van der Waals surface area contributed by atoms with Gasteiger partial charge in [0.2, 0.25) is 0 Å². The van der Waals surface area contributed by atoms with E-state index in [0.29, 0.717) is 5.92 Å². The van der Waals surface area contributed by atoms with Crippen molar-refractivity contribution in [3.8, 4) is 0 Å². The van der Waals surface area contributed by atoms with Gasteiger partial charge in [-0.3, -0.25) is 0 Å². The van der Waals surface area contributed by atoms with Gasteiger partial charge in [-0.2, -0.15) is 0 Å². The molecule has 0 spiro atoms. The SMILES string of the molecule is C=C/C=C(/C)C(C)C.CC.CC.CC. The molecule has 0 saturated carbocycles. The molecule has 0 rings (SSSR count). The van der Waals surface area contributed by atoms with Crippen LogP contribution in [0.1, 0.15) is 62.3 Å². The highest BCUT2D eigenvalue weighted by atomic mass is 14.0. The molecule has 0 fully saturated rings. The average molecular weight is 200 g/mol. The van der Waals surface area contributed by atoms with Crippen LogP contribution < -0.4 is 0 Å². The van der Waals surface area contributed by atoms with Crippen LogP contribution in [0.15, 0.2) is 24.3 Å². The van der Waals surface area contributed by atoms with Crippen molar-refractivity contribution in [1.82, 2.24) is 0 Å². The zero-order valence-electron chi connectivity index (χ0n) is 11.9. The van der Waals surface area contributed by atoms with E-state index in [9.17, 15) is 0 Å². The van der Waals surface area contributed by atoms with Crippen LogP contribution in [0.5, 0.6) is 0 Å². The van der Waals surface area contributed by atoms with E-state index in [-0.39, 0.29) is 0 Å². The topological polar surface area (TPSA) is 0 Å². The Morgan fingerprint density at radius 3 is 1.29 bits per heavy atom. The van der Waals surface area contributed by atoms with Gasteiger partial charge < -0.3 is 0 Å². The van der Waals surface area contributed by atoms with Crippen LogP contribution >= 0.6 is 0 Å². The van der Waals surface area contributed by atoms with Gasteiger partial charge in [0.05, 0.1) is 0 Å². The summed E-state index contributed by atoms with van der Waals surface area (Å²) in [7, 11) is 0. The van der Waals surface area contributed by atoms with Crippen molar-refractivity contribution in [1.29, 1.82) is 0 Å². The van der Waals surface area contributed by atoms with Gasteiger partial charge in [0, 0.05) is 0 Å². The largest absolute Gasteiger partial charge is 0.0991 e. The van der Waals surface area contributed by atoms with Gasteiger partial charge in [0.15, 0.2) is 0 Å². The van der Waals surface area contributed by atoms with Gasteiger partial charge in [-0.15, -0.1) is 0 Å². The number of rotatable bonds is 2. The van der Waals surface area contributed by atoms with E-state index in [0.717, 1.165) is 0 Å². The van der Waals surface area contributed by atoms with E-state index in [4.69, 9.17) is 0 Å². The Kier molecular flexibility index (Phi) is 49.1. The maximum absolute atomic E-state index is 3.61. The van der Waals surface area contributed by atoms with Gasteiger partial charge in [-0.25, -0.2) is 0 Å². The second kappa shape index (κ2) is 29.4. The van der Waals surface area contributed by atoms with Crippen LogP contribution in [-0.4, -0.2) is 0 Å². The van der Waals surface area contributed by atoms with Crippen LogP contribution in [0.3, 0.4) is 0 Å². The summed E-state index contributed by atoms with van der Waals surface area (Å²) in [5.74, 6) is 0.660. The fourth-order valence-corrected chi connectivity index (χ4v) is 0.378. The Morgan fingerprint density at radius 2 is 1.21 bits per heavy atom. The minimum atomic E-state index is 0.660. The molecule has 0 unspecified atom stereocenters. The van der Waals surface area contributed by atoms with E-state index in [2.05, 4.69) is 27.4 Å². The predicted molar refractivity (Wildman–Crippen MR) is 72.8 cm³/mol. The zero-order chi connectivity index (χ0) is 12.6. The molecule has 0 N–H and O–H groups in total. The van der Waals surface area contributed by atoms with Crippen molar-refractivity contribution in [3.05, 3.63) is 24.3 Å². The Hall–Kier alpha value is -0.520. The first-order valence-corrected chi connectivity index (χ1v) is 5.97. The molecule has 0 radical (unpaired) electrons. The third-order valence-corrected chi connectivity index (χ3v) is 1.29. The summed E-state index contributed by atoms with van der Waals surface area (Å²) >= 11 is 0. The van der Waals surface area contributed by atoms with E-state index in [1.165, 1.54) is 5.57 Å². The van der Waals surface area contributed by atoms with Crippen LogP contribution in [0.4, 0.5) is 0 Å². The van der Waals surface area contributed by atoms with Gasteiger partial charge in [-0.1, -0.05) is 79.7 Å². The minimum absolute atomic E-state index is 0.660. The lowest BCUT2D eigenvalue weighted by atomic mass is 10.1. The smallest absolute Gasteiger partial charge is 0.0260 e. The lowest BCUT2D eigenvalue weighted by Crippen LogP contribution is -1.86. The van der Waals surface area contributed by atoms with Crippen molar-refractivity contribution < 1.29 is 0 Å². The number of hydrogen-bond donors (Lipinski definition) is 0. The van der Waals surface area contributed by atoms with Gasteiger partial charge in [0.1, 0.15) is 0 Å². The molecule has 0 aliphatic heterocycles. The first-order valence-electron chi connectivity index (χ1n) is 5.97. The van der Waals surface area contributed by atoms with Gasteiger partial charge >= 0.3 is 0 Å². The molecule has 0 aromatic heterocycles. The molecule has 0 aliphatic rings. The fraction of sp³-hybridized carbons (Fsp3) is 0.714. The lowest BCUT2D eigenvalue weighted by Gasteiger charge is -2.00. The molecule has 0 aromatic carbocycles. The molecule has 0 aromatic rings. The maximum atomic E-state index is 3.61. The molecule has 0 atom stereocenters. The summed E-state index contributed by atoms with van der Waals surface area (Å²) in [6.07, 6.45) is 3.88. The van der Waals surface area contributed by atoms with Crippen molar-refractivity contribution in [2.75, 3.05) is 0 Å². The summed E-state index contributed by atoms with van der Waals surface area (Å²) in [6.45, 7) is 22.1. The molecule has 0 amide bonds. The first-order chi connectivity index (χ1) is 6.68. The van der Waals surface area contributed by atoms with Gasteiger partial charge in [-0.05, 0) is 12.8 Å². The van der Waals surface area contributed by atoms with Gasteiger partial charge in [0.25, 0.3) is 0 Å². The monoisotopic (exact) mass is 200 g/mol. The third-order valence-electron chi connectivity index (χ3n) is 1.29. The van der Waals surface area contributed by atoms with Crippen molar-refractivity contribution in [3.63, 3.8) is 0 Å². The van der Waals surface area contributed by atoms with E-state index in [1.54, 1.807) is 0 Å². The Morgan fingerprint density at radius 1 is 0.929 bits per heavy atom.